The summed E-state index contributed by atoms with van der Waals surface area (Å²) in [5.74, 6) is 0. The van der Waals surface area contributed by atoms with Crippen LogP contribution < -0.4 is 10.7 Å². The average molecular weight is 349 g/mol. The summed E-state index contributed by atoms with van der Waals surface area (Å²) in [7, 11) is 0. The largest absolute Gasteiger partial charge is 0.335 e. The number of fused-ring (bicyclic) bond motifs is 2. The minimum Gasteiger partial charge on any atom is -0.335 e. The van der Waals surface area contributed by atoms with Crippen LogP contribution in [0.4, 0.5) is 4.79 Å². The first-order chi connectivity index (χ1) is 12.5. The Morgan fingerprint density at radius 1 is 0.885 bits per heavy atom. The molecule has 0 heterocycles. The molecule has 0 aliphatic heterocycles. The molecule has 0 saturated heterocycles. The number of benzene rings is 3. The van der Waals surface area contributed by atoms with Gasteiger partial charge in [-0.3, -0.25) is 5.01 Å². The van der Waals surface area contributed by atoms with Gasteiger partial charge in [0, 0.05) is 12.1 Å². The summed E-state index contributed by atoms with van der Waals surface area (Å²) in [6, 6.07) is 19.1. The zero-order valence-corrected chi connectivity index (χ0v) is 15.9. The highest BCUT2D eigenvalue weighted by Gasteiger charge is 2.18. The van der Waals surface area contributed by atoms with Crippen molar-refractivity contribution in [2.75, 3.05) is 0 Å². The summed E-state index contributed by atoms with van der Waals surface area (Å²) >= 11 is 0. The Morgan fingerprint density at radius 2 is 1.42 bits per heavy atom. The number of hydrogen-bond donors (Lipinski definition) is 2. The molecule has 0 radical (unpaired) electrons. The van der Waals surface area contributed by atoms with Crippen LogP contribution in [0, 0.1) is 0 Å². The van der Waals surface area contributed by atoms with Gasteiger partial charge in [-0.05, 0) is 60.9 Å². The summed E-state index contributed by atoms with van der Waals surface area (Å²) < 4.78 is 0. The molecule has 2 N–H and O–H groups in total. The molecule has 0 atom stereocenters. The van der Waals surface area contributed by atoms with Gasteiger partial charge in [0.15, 0.2) is 0 Å². The molecule has 2 amide bonds. The highest BCUT2D eigenvalue weighted by molar-refractivity contribution is 6.02. The molecule has 3 aromatic rings. The van der Waals surface area contributed by atoms with Crippen molar-refractivity contribution in [2.24, 2.45) is 0 Å². The van der Waals surface area contributed by atoms with Crippen LogP contribution in [0.5, 0.6) is 0 Å². The van der Waals surface area contributed by atoms with Crippen molar-refractivity contribution in [2.45, 2.75) is 46.3 Å². The van der Waals surface area contributed by atoms with Crippen LogP contribution in [0.15, 0.2) is 54.6 Å². The fourth-order valence-corrected chi connectivity index (χ4v) is 3.25. The van der Waals surface area contributed by atoms with Crippen LogP contribution >= 0.6 is 0 Å². The van der Waals surface area contributed by atoms with Crippen LogP contribution in [0.1, 0.15) is 33.3 Å². The van der Waals surface area contributed by atoms with Gasteiger partial charge >= 0.3 is 6.03 Å². The Hall–Kier alpha value is -2.59. The first kappa shape index (κ1) is 18.2. The number of amides is 2. The van der Waals surface area contributed by atoms with E-state index < -0.39 is 0 Å². The maximum Gasteiger partial charge on any atom is 0.332 e. The van der Waals surface area contributed by atoms with Crippen LogP contribution in [0.3, 0.4) is 0 Å². The lowest BCUT2D eigenvalue weighted by Gasteiger charge is -2.28. The summed E-state index contributed by atoms with van der Waals surface area (Å²) in [5, 5.41) is 9.42. The molecule has 0 bridgehead atoms. The Bertz CT molecular complexity index is 864. The van der Waals surface area contributed by atoms with Crippen molar-refractivity contribution in [3.63, 3.8) is 0 Å². The van der Waals surface area contributed by atoms with Crippen LogP contribution in [0.2, 0.25) is 0 Å². The molecule has 0 aliphatic rings. The second-order valence-corrected chi connectivity index (χ2v) is 7.27. The smallest absolute Gasteiger partial charge is 0.332 e. The van der Waals surface area contributed by atoms with E-state index in [4.69, 9.17) is 0 Å². The van der Waals surface area contributed by atoms with Gasteiger partial charge in [-0.25, -0.2) is 10.2 Å². The maximum absolute atomic E-state index is 12.7. The molecule has 0 fully saturated rings. The standard InChI is InChI=1S/C22H27N3O/c1-15(2)23-22(26)25(24-16(3)4)14-21-19-11-7-5-9-17(19)13-18-10-6-8-12-20(18)21/h5-13,15-16,24H,14H2,1-4H3,(H,23,26). The van der Waals surface area contributed by atoms with Crippen molar-refractivity contribution in [1.82, 2.24) is 15.8 Å². The van der Waals surface area contributed by atoms with E-state index in [1.165, 1.54) is 21.5 Å². The van der Waals surface area contributed by atoms with Crippen LogP contribution in [-0.4, -0.2) is 23.1 Å². The van der Waals surface area contributed by atoms with Crippen LogP contribution in [0.25, 0.3) is 21.5 Å². The van der Waals surface area contributed by atoms with E-state index in [2.05, 4.69) is 65.3 Å². The third kappa shape index (κ3) is 3.97. The molecule has 0 aliphatic carbocycles. The fraction of sp³-hybridized carbons (Fsp3) is 0.318. The van der Waals surface area contributed by atoms with Gasteiger partial charge in [0.1, 0.15) is 0 Å². The maximum atomic E-state index is 12.7. The number of rotatable bonds is 5. The predicted octanol–water partition coefficient (Wildman–Crippen LogP) is 4.83. The highest BCUT2D eigenvalue weighted by atomic mass is 16.2. The number of nitrogens with one attached hydrogen (secondary N) is 2. The molecule has 0 spiro atoms. The molecule has 0 aromatic heterocycles. The molecular formula is C22H27N3O. The topological polar surface area (TPSA) is 44.4 Å². The lowest BCUT2D eigenvalue weighted by atomic mass is 9.96. The minimum atomic E-state index is -0.106. The van der Waals surface area contributed by atoms with Gasteiger partial charge in [-0.2, -0.15) is 0 Å². The van der Waals surface area contributed by atoms with E-state index >= 15 is 0 Å². The second kappa shape index (κ2) is 7.75. The summed E-state index contributed by atoms with van der Waals surface area (Å²) in [6.45, 7) is 8.52. The van der Waals surface area contributed by atoms with Gasteiger partial charge in [0.2, 0.25) is 0 Å². The van der Waals surface area contributed by atoms with Crippen molar-refractivity contribution < 1.29 is 4.79 Å². The SMILES string of the molecule is CC(C)NC(=O)N(Cc1c2ccccc2cc2ccccc12)NC(C)C. The van der Waals surface area contributed by atoms with Gasteiger partial charge in [-0.1, -0.05) is 48.5 Å². The zero-order valence-electron chi connectivity index (χ0n) is 15.9. The first-order valence-corrected chi connectivity index (χ1v) is 9.19. The van der Waals surface area contributed by atoms with Crippen molar-refractivity contribution in [3.8, 4) is 0 Å². The Kier molecular flexibility index (Phi) is 5.43. The third-order valence-electron chi connectivity index (χ3n) is 4.27. The lowest BCUT2D eigenvalue weighted by Crippen LogP contribution is -2.51. The van der Waals surface area contributed by atoms with Gasteiger partial charge < -0.3 is 5.32 Å². The summed E-state index contributed by atoms with van der Waals surface area (Å²) in [4.78, 5) is 12.7. The van der Waals surface area contributed by atoms with Crippen molar-refractivity contribution in [1.29, 1.82) is 0 Å². The second-order valence-electron chi connectivity index (χ2n) is 7.27. The third-order valence-corrected chi connectivity index (χ3v) is 4.27. The van der Waals surface area contributed by atoms with Gasteiger partial charge in [-0.15, -0.1) is 0 Å². The van der Waals surface area contributed by atoms with Crippen molar-refractivity contribution in [3.05, 3.63) is 60.2 Å². The molecule has 4 heteroatoms. The minimum absolute atomic E-state index is 0.0863. The molecule has 3 aromatic carbocycles. The zero-order chi connectivity index (χ0) is 18.7. The molecule has 26 heavy (non-hydrogen) atoms. The molecule has 136 valence electrons. The van der Waals surface area contributed by atoms with E-state index in [9.17, 15) is 4.79 Å². The number of nitrogens with zero attached hydrogens (tertiary/aromatic N) is 1. The molecule has 0 saturated carbocycles. The van der Waals surface area contributed by atoms with Gasteiger partial charge in [0.25, 0.3) is 0 Å². The Balaban J connectivity index is 2.09. The number of urea groups is 1. The van der Waals surface area contributed by atoms with Crippen molar-refractivity contribution >= 4 is 27.6 Å². The lowest BCUT2D eigenvalue weighted by molar-refractivity contribution is 0.154. The molecule has 3 rings (SSSR count). The van der Waals surface area contributed by atoms with E-state index in [0.29, 0.717) is 6.54 Å². The number of hydrogen-bond acceptors (Lipinski definition) is 2. The van der Waals surface area contributed by atoms with Gasteiger partial charge in [0.05, 0.1) is 6.54 Å². The average Bonchev–Trinajstić information content (AvgIpc) is 2.59. The van der Waals surface area contributed by atoms with E-state index in [0.717, 1.165) is 5.56 Å². The number of carbonyl (C=O) groups is 1. The van der Waals surface area contributed by atoms with E-state index in [1.54, 1.807) is 5.01 Å². The Morgan fingerprint density at radius 3 is 1.92 bits per heavy atom. The summed E-state index contributed by atoms with van der Waals surface area (Å²) in [6.07, 6.45) is 0. The highest BCUT2D eigenvalue weighted by Crippen LogP contribution is 2.29. The van der Waals surface area contributed by atoms with Crippen LogP contribution in [-0.2, 0) is 6.54 Å². The number of carbonyl (C=O) groups excluding carboxylic acids is 1. The fourth-order valence-electron chi connectivity index (χ4n) is 3.25. The summed E-state index contributed by atoms with van der Waals surface area (Å²) in [5.41, 5.74) is 4.44. The molecule has 0 unspecified atom stereocenters. The first-order valence-electron chi connectivity index (χ1n) is 9.19. The van der Waals surface area contributed by atoms with E-state index in [1.807, 2.05) is 27.7 Å². The predicted molar refractivity (Wildman–Crippen MR) is 109 cm³/mol. The quantitative estimate of drug-likeness (QED) is 0.512. The van der Waals surface area contributed by atoms with E-state index in [-0.39, 0.29) is 18.1 Å². The number of hydrazine groups is 1. The normalized spacial score (nSPS) is 11.5. The molecular weight excluding hydrogens is 322 g/mol. The monoisotopic (exact) mass is 349 g/mol. The Labute approximate surface area is 155 Å². The molecule has 4 nitrogen and oxygen atoms in total.